The van der Waals surface area contributed by atoms with E-state index < -0.39 is 10.0 Å². The molecule has 2 rings (SSSR count). The fourth-order valence-electron chi connectivity index (χ4n) is 2.66. The van der Waals surface area contributed by atoms with Crippen LogP contribution < -0.4 is 5.73 Å². The Balaban J connectivity index is 2.19. The van der Waals surface area contributed by atoms with Crippen molar-refractivity contribution in [2.24, 2.45) is 5.73 Å². The Bertz CT molecular complexity index is 579. The first-order chi connectivity index (χ1) is 9.98. The van der Waals surface area contributed by atoms with Gasteiger partial charge in [0.1, 0.15) is 0 Å². The predicted octanol–water partition coefficient (Wildman–Crippen LogP) is 1.64. The molecule has 118 valence electrons. The van der Waals surface area contributed by atoms with Gasteiger partial charge in [0.2, 0.25) is 10.0 Å². The molecule has 0 bridgehead atoms. The van der Waals surface area contributed by atoms with Crippen LogP contribution in [0.3, 0.4) is 0 Å². The monoisotopic (exact) mass is 312 g/mol. The number of benzene rings is 1. The normalized spacial score (nSPS) is 18.0. The number of aryl methyl sites for hydroxylation is 1. The summed E-state index contributed by atoms with van der Waals surface area (Å²) in [5.41, 5.74) is 7.22. The molecule has 5 nitrogen and oxygen atoms in total. The van der Waals surface area contributed by atoms with Gasteiger partial charge in [0.25, 0.3) is 0 Å². The molecule has 1 aliphatic heterocycles. The molecule has 1 saturated heterocycles. The van der Waals surface area contributed by atoms with Crippen molar-refractivity contribution in [3.63, 3.8) is 0 Å². The Morgan fingerprint density at radius 1 is 1.33 bits per heavy atom. The lowest BCUT2D eigenvalue weighted by atomic mass is 10.1. The number of hydrogen-bond acceptors (Lipinski definition) is 4. The van der Waals surface area contributed by atoms with Crippen LogP contribution in [-0.2, 0) is 21.3 Å². The molecule has 1 aliphatic rings. The van der Waals surface area contributed by atoms with E-state index in [-0.39, 0.29) is 6.10 Å². The number of sulfonamides is 1. The first kappa shape index (κ1) is 16.4. The second-order valence-corrected chi connectivity index (χ2v) is 7.27. The summed E-state index contributed by atoms with van der Waals surface area (Å²) >= 11 is 0. The third kappa shape index (κ3) is 3.63. The highest BCUT2D eigenvalue weighted by molar-refractivity contribution is 7.89. The van der Waals surface area contributed by atoms with E-state index in [1.54, 1.807) is 10.4 Å². The lowest BCUT2D eigenvalue weighted by Gasteiger charge is -2.31. The van der Waals surface area contributed by atoms with Crippen molar-refractivity contribution in [3.8, 4) is 0 Å². The summed E-state index contributed by atoms with van der Waals surface area (Å²) in [6, 6.07) is 5.39. The van der Waals surface area contributed by atoms with Gasteiger partial charge in [0, 0.05) is 26.2 Å². The van der Waals surface area contributed by atoms with Crippen LogP contribution in [0.2, 0.25) is 0 Å². The van der Waals surface area contributed by atoms with Crippen LogP contribution in [0.1, 0.15) is 30.9 Å². The molecule has 1 aromatic carbocycles. The average molecular weight is 312 g/mol. The van der Waals surface area contributed by atoms with E-state index in [9.17, 15) is 8.42 Å². The number of ether oxygens (including phenoxy) is 1. The summed E-state index contributed by atoms with van der Waals surface area (Å²) in [4.78, 5) is 0.375. The van der Waals surface area contributed by atoms with Gasteiger partial charge in [-0.15, -0.1) is 0 Å². The highest BCUT2D eigenvalue weighted by Crippen LogP contribution is 2.25. The van der Waals surface area contributed by atoms with Crippen molar-refractivity contribution >= 4 is 10.0 Å². The van der Waals surface area contributed by atoms with Crippen LogP contribution in [0.4, 0.5) is 0 Å². The van der Waals surface area contributed by atoms with E-state index in [1.807, 2.05) is 26.0 Å². The molecule has 21 heavy (non-hydrogen) atoms. The van der Waals surface area contributed by atoms with Crippen LogP contribution in [0.15, 0.2) is 23.1 Å². The highest BCUT2D eigenvalue weighted by Gasteiger charge is 2.30. The maximum absolute atomic E-state index is 12.8. The maximum Gasteiger partial charge on any atom is 0.243 e. The van der Waals surface area contributed by atoms with E-state index in [0.717, 1.165) is 24.0 Å². The number of rotatable bonds is 5. The zero-order valence-electron chi connectivity index (χ0n) is 12.7. The Labute approximate surface area is 127 Å². The molecule has 0 unspecified atom stereocenters. The SMILES string of the molecule is CCOC1CCN(S(=O)(=O)c2cc(CN)ccc2C)CC1. The molecule has 0 saturated carbocycles. The summed E-state index contributed by atoms with van der Waals surface area (Å²) in [6.07, 6.45) is 1.68. The van der Waals surface area contributed by atoms with Crippen LogP contribution in [0.25, 0.3) is 0 Å². The van der Waals surface area contributed by atoms with Crippen molar-refractivity contribution in [3.05, 3.63) is 29.3 Å². The number of nitrogens with zero attached hydrogens (tertiary/aromatic N) is 1. The second kappa shape index (κ2) is 6.87. The number of hydrogen-bond donors (Lipinski definition) is 1. The smallest absolute Gasteiger partial charge is 0.243 e. The minimum atomic E-state index is -3.44. The number of piperidine rings is 1. The zero-order valence-corrected chi connectivity index (χ0v) is 13.5. The van der Waals surface area contributed by atoms with Crippen LogP contribution in [-0.4, -0.2) is 38.5 Å². The fraction of sp³-hybridized carbons (Fsp3) is 0.600. The average Bonchev–Trinajstić information content (AvgIpc) is 2.48. The first-order valence-electron chi connectivity index (χ1n) is 7.40. The standard InChI is InChI=1S/C15H24N2O3S/c1-3-20-14-6-8-17(9-7-14)21(18,19)15-10-13(11-16)5-4-12(15)2/h4-5,10,14H,3,6-9,11,16H2,1-2H3. The van der Waals surface area contributed by atoms with Crippen LogP contribution >= 0.6 is 0 Å². The fourth-order valence-corrected chi connectivity index (χ4v) is 4.41. The van der Waals surface area contributed by atoms with Gasteiger partial charge in [-0.2, -0.15) is 4.31 Å². The molecule has 1 aromatic rings. The number of nitrogens with two attached hydrogens (primary N) is 1. The molecule has 0 radical (unpaired) electrons. The van der Waals surface area contributed by atoms with Crippen molar-refractivity contribution in [2.45, 2.75) is 44.2 Å². The lowest BCUT2D eigenvalue weighted by molar-refractivity contribution is 0.0290. The summed E-state index contributed by atoms with van der Waals surface area (Å²) in [5.74, 6) is 0. The second-order valence-electron chi connectivity index (χ2n) is 5.36. The molecule has 0 spiro atoms. The Morgan fingerprint density at radius 2 is 2.00 bits per heavy atom. The zero-order chi connectivity index (χ0) is 15.5. The summed E-state index contributed by atoms with van der Waals surface area (Å²) < 4.78 is 32.7. The minimum Gasteiger partial charge on any atom is -0.378 e. The minimum absolute atomic E-state index is 0.179. The van der Waals surface area contributed by atoms with Crippen LogP contribution in [0, 0.1) is 6.92 Å². The molecule has 0 atom stereocenters. The Hall–Kier alpha value is -0.950. The van der Waals surface area contributed by atoms with Crippen molar-refractivity contribution in [2.75, 3.05) is 19.7 Å². The van der Waals surface area contributed by atoms with Gasteiger partial charge in [0.15, 0.2) is 0 Å². The molecule has 2 N–H and O–H groups in total. The Morgan fingerprint density at radius 3 is 2.57 bits per heavy atom. The van der Waals surface area contributed by atoms with E-state index in [0.29, 0.717) is 31.1 Å². The molecular weight excluding hydrogens is 288 g/mol. The maximum atomic E-state index is 12.8. The van der Waals surface area contributed by atoms with Crippen LogP contribution in [0.5, 0.6) is 0 Å². The molecular formula is C15H24N2O3S. The molecule has 1 heterocycles. The molecule has 1 fully saturated rings. The molecule has 6 heteroatoms. The third-order valence-corrected chi connectivity index (χ3v) is 5.95. The van der Waals surface area contributed by atoms with E-state index in [1.165, 1.54) is 0 Å². The van der Waals surface area contributed by atoms with Gasteiger partial charge in [0.05, 0.1) is 11.0 Å². The van der Waals surface area contributed by atoms with E-state index >= 15 is 0 Å². The van der Waals surface area contributed by atoms with Gasteiger partial charge >= 0.3 is 0 Å². The first-order valence-corrected chi connectivity index (χ1v) is 8.84. The van der Waals surface area contributed by atoms with Gasteiger partial charge < -0.3 is 10.5 Å². The predicted molar refractivity (Wildman–Crippen MR) is 82.5 cm³/mol. The van der Waals surface area contributed by atoms with Gasteiger partial charge in [-0.1, -0.05) is 12.1 Å². The third-order valence-electron chi connectivity index (χ3n) is 3.91. The van der Waals surface area contributed by atoms with Crippen molar-refractivity contribution < 1.29 is 13.2 Å². The van der Waals surface area contributed by atoms with Crippen molar-refractivity contribution in [1.29, 1.82) is 0 Å². The molecule has 0 aliphatic carbocycles. The van der Waals surface area contributed by atoms with E-state index in [2.05, 4.69) is 0 Å². The highest BCUT2D eigenvalue weighted by atomic mass is 32.2. The topological polar surface area (TPSA) is 72.6 Å². The Kier molecular flexibility index (Phi) is 5.37. The quantitative estimate of drug-likeness (QED) is 0.897. The molecule has 0 aromatic heterocycles. The van der Waals surface area contributed by atoms with Gasteiger partial charge in [-0.3, -0.25) is 0 Å². The van der Waals surface area contributed by atoms with E-state index in [4.69, 9.17) is 10.5 Å². The summed E-state index contributed by atoms with van der Waals surface area (Å²) in [5, 5.41) is 0. The van der Waals surface area contributed by atoms with Crippen molar-refractivity contribution in [1.82, 2.24) is 4.31 Å². The summed E-state index contributed by atoms with van der Waals surface area (Å²) in [6.45, 7) is 5.83. The largest absolute Gasteiger partial charge is 0.378 e. The molecule has 0 amide bonds. The lowest BCUT2D eigenvalue weighted by Crippen LogP contribution is -2.41. The van der Waals surface area contributed by atoms with Gasteiger partial charge in [-0.05, 0) is 43.9 Å². The van der Waals surface area contributed by atoms with Gasteiger partial charge in [-0.25, -0.2) is 8.42 Å². The summed E-state index contributed by atoms with van der Waals surface area (Å²) in [7, 11) is -3.44.